The van der Waals surface area contributed by atoms with Crippen molar-refractivity contribution in [2.75, 3.05) is 0 Å². The maximum absolute atomic E-state index is 13.0. The van der Waals surface area contributed by atoms with Gasteiger partial charge in [-0.05, 0) is 25.1 Å². The number of fused-ring (bicyclic) bond motifs is 3. The number of nitrogens with zero attached hydrogens (tertiary/aromatic N) is 4. The lowest BCUT2D eigenvalue weighted by Gasteiger charge is -2.06. The molecule has 0 aliphatic heterocycles. The molecule has 0 atom stereocenters. The van der Waals surface area contributed by atoms with Gasteiger partial charge in [-0.3, -0.25) is 0 Å². The molecule has 0 bridgehead atoms. The molecular formula is C18H13N5O2S2. The first-order chi connectivity index (χ1) is 13.0. The molecule has 27 heavy (non-hydrogen) atoms. The van der Waals surface area contributed by atoms with Gasteiger partial charge in [0.1, 0.15) is 11.3 Å². The normalized spacial score (nSPS) is 12.2. The molecular weight excluding hydrogens is 382 g/mol. The fourth-order valence-electron chi connectivity index (χ4n) is 3.02. The van der Waals surface area contributed by atoms with E-state index >= 15 is 0 Å². The number of hydrogen-bond acceptors (Lipinski definition) is 6. The molecule has 0 aliphatic rings. The van der Waals surface area contributed by atoms with Crippen molar-refractivity contribution in [2.45, 2.75) is 11.8 Å². The summed E-state index contributed by atoms with van der Waals surface area (Å²) < 4.78 is 27.1. The molecule has 1 aromatic carbocycles. The second-order valence-corrected chi connectivity index (χ2v) is 9.07. The molecule has 0 saturated heterocycles. The number of aromatic nitrogens is 5. The molecule has 0 fully saturated rings. The first kappa shape index (κ1) is 16.2. The number of rotatable bonds is 3. The number of H-pyrrole nitrogens is 1. The lowest BCUT2D eigenvalue weighted by Crippen LogP contribution is -2.12. The summed E-state index contributed by atoms with van der Waals surface area (Å²) in [6.45, 7) is 1.94. The number of aromatic amines is 1. The van der Waals surface area contributed by atoms with Crippen LogP contribution in [0.3, 0.4) is 0 Å². The second-order valence-electron chi connectivity index (χ2n) is 6.02. The van der Waals surface area contributed by atoms with Crippen LogP contribution in [-0.2, 0) is 10.0 Å². The minimum atomic E-state index is -3.72. The SMILES string of the molecule is Cc1ncc(-c2nc3c(cnc4c3ccn4S(=O)(=O)c3ccccc3)[nH]2)s1. The first-order valence-corrected chi connectivity index (χ1v) is 10.4. The largest absolute Gasteiger partial charge is 0.336 e. The summed E-state index contributed by atoms with van der Waals surface area (Å²) in [6.07, 6.45) is 4.90. The van der Waals surface area contributed by atoms with Crippen molar-refractivity contribution in [1.29, 1.82) is 0 Å². The lowest BCUT2D eigenvalue weighted by molar-refractivity contribution is 0.589. The van der Waals surface area contributed by atoms with Crippen molar-refractivity contribution in [3.8, 4) is 10.7 Å². The zero-order valence-corrected chi connectivity index (χ0v) is 15.8. The quantitative estimate of drug-likeness (QED) is 0.504. The summed E-state index contributed by atoms with van der Waals surface area (Å²) in [7, 11) is -3.72. The third-order valence-electron chi connectivity index (χ3n) is 4.28. The van der Waals surface area contributed by atoms with Gasteiger partial charge in [-0.15, -0.1) is 11.3 Å². The van der Waals surface area contributed by atoms with Crippen LogP contribution < -0.4 is 0 Å². The maximum atomic E-state index is 13.0. The van der Waals surface area contributed by atoms with Crippen LogP contribution in [-0.4, -0.2) is 32.3 Å². The Morgan fingerprint density at radius 2 is 1.89 bits per heavy atom. The van der Waals surface area contributed by atoms with Gasteiger partial charge < -0.3 is 4.98 Å². The Morgan fingerprint density at radius 3 is 2.63 bits per heavy atom. The fraction of sp³-hybridized carbons (Fsp3) is 0.0556. The van der Waals surface area contributed by atoms with Crippen molar-refractivity contribution >= 4 is 43.4 Å². The predicted octanol–water partition coefficient (Wildman–Crippen LogP) is 3.58. The Hall–Kier alpha value is -3.04. The van der Waals surface area contributed by atoms with Gasteiger partial charge >= 0.3 is 0 Å². The van der Waals surface area contributed by atoms with Crippen LogP contribution in [0.5, 0.6) is 0 Å². The zero-order chi connectivity index (χ0) is 18.6. The molecule has 4 heterocycles. The van der Waals surface area contributed by atoms with Crippen LogP contribution in [0.15, 0.2) is 59.9 Å². The third-order valence-corrected chi connectivity index (χ3v) is 6.88. The number of thiazole rings is 1. The number of aryl methyl sites for hydroxylation is 1. The lowest BCUT2D eigenvalue weighted by atomic mass is 10.3. The van der Waals surface area contributed by atoms with Crippen molar-refractivity contribution in [1.82, 2.24) is 23.9 Å². The smallest absolute Gasteiger partial charge is 0.269 e. The highest BCUT2D eigenvalue weighted by molar-refractivity contribution is 7.90. The molecule has 0 aliphatic carbocycles. The minimum absolute atomic E-state index is 0.215. The van der Waals surface area contributed by atoms with E-state index in [0.717, 1.165) is 15.4 Å². The zero-order valence-electron chi connectivity index (χ0n) is 14.1. The highest BCUT2D eigenvalue weighted by Crippen LogP contribution is 2.30. The van der Waals surface area contributed by atoms with Gasteiger partial charge in [0.05, 0.1) is 26.5 Å². The summed E-state index contributed by atoms with van der Waals surface area (Å²) >= 11 is 1.54. The number of nitrogens with one attached hydrogen (secondary N) is 1. The molecule has 134 valence electrons. The van der Waals surface area contributed by atoms with Crippen LogP contribution in [0.4, 0.5) is 0 Å². The summed E-state index contributed by atoms with van der Waals surface area (Å²) in [6, 6.07) is 10.0. The Labute approximate surface area is 158 Å². The molecule has 5 aromatic rings. The molecule has 5 rings (SSSR count). The molecule has 0 unspecified atom stereocenters. The van der Waals surface area contributed by atoms with Gasteiger partial charge in [-0.1, -0.05) is 18.2 Å². The number of pyridine rings is 1. The van der Waals surface area contributed by atoms with E-state index in [9.17, 15) is 8.42 Å². The summed E-state index contributed by atoms with van der Waals surface area (Å²) in [5.41, 5.74) is 1.78. The van der Waals surface area contributed by atoms with E-state index in [1.54, 1.807) is 60.1 Å². The molecule has 1 N–H and O–H groups in total. The van der Waals surface area contributed by atoms with Gasteiger partial charge in [0.25, 0.3) is 10.0 Å². The van der Waals surface area contributed by atoms with E-state index < -0.39 is 10.0 Å². The minimum Gasteiger partial charge on any atom is -0.336 e. The van der Waals surface area contributed by atoms with E-state index in [1.807, 2.05) is 6.92 Å². The van der Waals surface area contributed by atoms with Crippen molar-refractivity contribution < 1.29 is 8.42 Å². The van der Waals surface area contributed by atoms with Crippen LogP contribution in [0.2, 0.25) is 0 Å². The van der Waals surface area contributed by atoms with Gasteiger partial charge in [0, 0.05) is 17.8 Å². The first-order valence-electron chi connectivity index (χ1n) is 8.13. The van der Waals surface area contributed by atoms with E-state index in [-0.39, 0.29) is 4.90 Å². The van der Waals surface area contributed by atoms with Crippen LogP contribution in [0.1, 0.15) is 5.01 Å². The van der Waals surface area contributed by atoms with E-state index in [4.69, 9.17) is 0 Å². The van der Waals surface area contributed by atoms with E-state index in [0.29, 0.717) is 22.4 Å². The summed E-state index contributed by atoms with van der Waals surface area (Å²) in [4.78, 5) is 17.7. The van der Waals surface area contributed by atoms with Gasteiger partial charge in [-0.25, -0.2) is 27.3 Å². The number of imidazole rings is 1. The Kier molecular flexibility index (Phi) is 3.43. The number of hydrogen-bond donors (Lipinski definition) is 1. The third kappa shape index (κ3) is 2.47. The van der Waals surface area contributed by atoms with Crippen LogP contribution in [0.25, 0.3) is 32.8 Å². The molecule has 9 heteroatoms. The topological polar surface area (TPSA) is 93.5 Å². The molecule has 4 aromatic heterocycles. The van der Waals surface area contributed by atoms with Crippen LogP contribution >= 0.6 is 11.3 Å². The Bertz CT molecular complexity index is 1400. The Balaban J connectivity index is 1.71. The number of benzene rings is 1. The van der Waals surface area contributed by atoms with Crippen molar-refractivity contribution in [3.05, 3.63) is 60.0 Å². The highest BCUT2D eigenvalue weighted by Gasteiger charge is 2.21. The second kappa shape index (κ2) is 5.73. The monoisotopic (exact) mass is 395 g/mol. The molecule has 0 saturated carbocycles. The maximum Gasteiger partial charge on any atom is 0.269 e. The van der Waals surface area contributed by atoms with Gasteiger partial charge in [-0.2, -0.15) is 0 Å². The predicted molar refractivity (Wildman–Crippen MR) is 104 cm³/mol. The van der Waals surface area contributed by atoms with Crippen molar-refractivity contribution in [2.24, 2.45) is 0 Å². The highest BCUT2D eigenvalue weighted by atomic mass is 32.2. The van der Waals surface area contributed by atoms with Gasteiger partial charge in [0.2, 0.25) is 0 Å². The molecule has 0 spiro atoms. The molecule has 0 amide bonds. The standard InChI is InChI=1S/C18H13N5O2S2/c1-11-19-10-15(26-11)17-21-14-9-20-18-13(16(14)22-17)7-8-23(18)27(24,25)12-5-3-2-4-6-12/h2-10H,1H3,(H,21,22). The van der Waals surface area contributed by atoms with Gasteiger partial charge in [0.15, 0.2) is 5.65 Å². The summed E-state index contributed by atoms with van der Waals surface area (Å²) in [5.74, 6) is 0.698. The van der Waals surface area contributed by atoms with E-state index in [1.165, 1.54) is 10.2 Å². The summed E-state index contributed by atoms with van der Waals surface area (Å²) in [5, 5.41) is 1.63. The van der Waals surface area contributed by atoms with E-state index in [2.05, 4.69) is 19.9 Å². The fourth-order valence-corrected chi connectivity index (χ4v) is 5.06. The van der Waals surface area contributed by atoms with Crippen LogP contribution in [0, 0.1) is 6.92 Å². The average molecular weight is 395 g/mol. The molecule has 0 radical (unpaired) electrons. The molecule has 7 nitrogen and oxygen atoms in total. The Morgan fingerprint density at radius 1 is 1.07 bits per heavy atom. The van der Waals surface area contributed by atoms with Crippen molar-refractivity contribution in [3.63, 3.8) is 0 Å². The average Bonchev–Trinajstić information content (AvgIpc) is 3.38.